The van der Waals surface area contributed by atoms with Crippen molar-refractivity contribution in [2.75, 3.05) is 0 Å². The first-order valence-corrected chi connectivity index (χ1v) is 9.78. The summed E-state index contributed by atoms with van der Waals surface area (Å²) in [6.45, 7) is 1.10. The molecule has 0 bridgehead atoms. The summed E-state index contributed by atoms with van der Waals surface area (Å²) in [6, 6.07) is 5.87. The van der Waals surface area contributed by atoms with Gasteiger partial charge >= 0.3 is 0 Å². The molecule has 3 amide bonds. The van der Waals surface area contributed by atoms with Crippen LogP contribution in [0.3, 0.4) is 0 Å². The monoisotopic (exact) mass is 370 g/mol. The Morgan fingerprint density at radius 1 is 1.15 bits per heavy atom. The van der Waals surface area contributed by atoms with Gasteiger partial charge in [0, 0.05) is 37.2 Å². The first-order valence-electron chi connectivity index (χ1n) is 9.78. The molecule has 7 nitrogen and oxygen atoms in total. The third-order valence-corrected chi connectivity index (χ3v) is 5.98. The van der Waals surface area contributed by atoms with Crippen molar-refractivity contribution in [1.29, 1.82) is 0 Å². The van der Waals surface area contributed by atoms with E-state index in [2.05, 4.69) is 10.6 Å². The Morgan fingerprint density at radius 2 is 1.96 bits per heavy atom. The van der Waals surface area contributed by atoms with Crippen molar-refractivity contribution < 1.29 is 14.4 Å². The van der Waals surface area contributed by atoms with E-state index in [0.717, 1.165) is 24.0 Å². The summed E-state index contributed by atoms with van der Waals surface area (Å²) >= 11 is 0. The van der Waals surface area contributed by atoms with E-state index in [0.29, 0.717) is 31.1 Å². The van der Waals surface area contributed by atoms with Crippen LogP contribution >= 0.6 is 0 Å². The van der Waals surface area contributed by atoms with Gasteiger partial charge in [-0.2, -0.15) is 0 Å². The van der Waals surface area contributed by atoms with Crippen molar-refractivity contribution >= 4 is 17.7 Å². The molecule has 0 radical (unpaired) electrons. The van der Waals surface area contributed by atoms with E-state index in [4.69, 9.17) is 5.73 Å². The van der Waals surface area contributed by atoms with Crippen LogP contribution in [0.2, 0.25) is 0 Å². The molecule has 4 N–H and O–H groups in total. The van der Waals surface area contributed by atoms with Gasteiger partial charge in [-0.15, -0.1) is 0 Å². The molecular formula is C20H26N4O3. The van der Waals surface area contributed by atoms with E-state index in [1.54, 1.807) is 4.90 Å². The van der Waals surface area contributed by atoms with Crippen molar-refractivity contribution in [3.63, 3.8) is 0 Å². The number of hydrogen-bond acceptors (Lipinski definition) is 5. The summed E-state index contributed by atoms with van der Waals surface area (Å²) in [5, 5.41) is 5.86. The largest absolute Gasteiger partial charge is 0.326 e. The minimum absolute atomic E-state index is 0.129. The van der Waals surface area contributed by atoms with Gasteiger partial charge in [0.1, 0.15) is 6.04 Å². The zero-order valence-corrected chi connectivity index (χ0v) is 15.4. The van der Waals surface area contributed by atoms with Crippen molar-refractivity contribution in [1.82, 2.24) is 15.5 Å². The van der Waals surface area contributed by atoms with Crippen molar-refractivity contribution in [3.8, 4) is 0 Å². The second-order valence-corrected chi connectivity index (χ2v) is 7.83. The van der Waals surface area contributed by atoms with Gasteiger partial charge in [0.2, 0.25) is 11.8 Å². The number of imide groups is 1. The molecule has 2 aliphatic heterocycles. The van der Waals surface area contributed by atoms with E-state index < -0.39 is 6.04 Å². The molecule has 0 spiro atoms. The number of amides is 3. The van der Waals surface area contributed by atoms with Gasteiger partial charge in [-0.25, -0.2) is 0 Å². The summed E-state index contributed by atoms with van der Waals surface area (Å²) < 4.78 is 0. The number of nitrogens with one attached hydrogen (secondary N) is 2. The highest BCUT2D eigenvalue weighted by Gasteiger charge is 2.39. The third kappa shape index (κ3) is 3.61. The standard InChI is InChI=1S/C20H26N4O3/c21-15-3-1-2-4-16(15)22-10-12-5-6-13-11-24(20(27)14(13)9-12)17-7-8-18(25)23-19(17)26/h5-6,9,15-17,22H,1-4,7-8,10-11,21H2,(H,23,25,26)/t15-,16-,17?/m0/s1. The van der Waals surface area contributed by atoms with E-state index in [1.807, 2.05) is 18.2 Å². The maximum Gasteiger partial charge on any atom is 0.255 e. The van der Waals surface area contributed by atoms with Gasteiger partial charge in [-0.05, 0) is 36.5 Å². The summed E-state index contributed by atoms with van der Waals surface area (Å²) in [7, 11) is 0. The Labute approximate surface area is 158 Å². The van der Waals surface area contributed by atoms with Gasteiger partial charge < -0.3 is 16.0 Å². The van der Waals surface area contributed by atoms with Crippen LogP contribution < -0.4 is 16.4 Å². The minimum Gasteiger partial charge on any atom is -0.326 e. The number of nitrogens with two attached hydrogens (primary N) is 1. The van der Waals surface area contributed by atoms with Crippen LogP contribution in [0.25, 0.3) is 0 Å². The molecule has 1 aliphatic carbocycles. The number of rotatable bonds is 4. The summed E-state index contributed by atoms with van der Waals surface area (Å²) in [6.07, 6.45) is 5.21. The molecular weight excluding hydrogens is 344 g/mol. The summed E-state index contributed by atoms with van der Waals surface area (Å²) in [5.41, 5.74) is 8.83. The first kappa shape index (κ1) is 18.1. The number of carbonyl (C=O) groups excluding carboxylic acids is 3. The molecule has 0 aromatic heterocycles. The topological polar surface area (TPSA) is 105 Å². The average molecular weight is 370 g/mol. The lowest BCUT2D eigenvalue weighted by molar-refractivity contribution is -0.136. The lowest BCUT2D eigenvalue weighted by Crippen LogP contribution is -2.52. The van der Waals surface area contributed by atoms with Crippen LogP contribution in [0.4, 0.5) is 0 Å². The molecule has 3 aliphatic rings. The predicted molar refractivity (Wildman–Crippen MR) is 99.6 cm³/mol. The lowest BCUT2D eigenvalue weighted by Gasteiger charge is -2.29. The van der Waals surface area contributed by atoms with Gasteiger partial charge in [-0.3, -0.25) is 19.7 Å². The molecule has 1 saturated carbocycles. The molecule has 7 heteroatoms. The van der Waals surface area contributed by atoms with E-state index in [-0.39, 0.29) is 30.2 Å². The van der Waals surface area contributed by atoms with Crippen LogP contribution in [0.15, 0.2) is 18.2 Å². The van der Waals surface area contributed by atoms with E-state index >= 15 is 0 Å². The summed E-state index contributed by atoms with van der Waals surface area (Å²) in [5.74, 6) is -0.772. The number of hydrogen-bond donors (Lipinski definition) is 3. The van der Waals surface area contributed by atoms with Crippen LogP contribution in [-0.2, 0) is 22.7 Å². The fourth-order valence-corrected chi connectivity index (χ4v) is 4.37. The summed E-state index contributed by atoms with van der Waals surface area (Å²) in [4.78, 5) is 37.9. The van der Waals surface area contributed by atoms with E-state index in [1.165, 1.54) is 12.8 Å². The third-order valence-electron chi connectivity index (χ3n) is 5.98. The highest BCUT2D eigenvalue weighted by molar-refractivity contribution is 6.05. The second kappa shape index (κ2) is 7.40. The Bertz CT molecular complexity index is 778. The molecule has 144 valence electrons. The van der Waals surface area contributed by atoms with Crippen molar-refractivity contribution in [3.05, 3.63) is 34.9 Å². The van der Waals surface area contributed by atoms with Crippen molar-refractivity contribution in [2.24, 2.45) is 5.73 Å². The molecule has 1 aromatic rings. The van der Waals surface area contributed by atoms with Gasteiger partial charge in [0.15, 0.2) is 0 Å². The van der Waals surface area contributed by atoms with Gasteiger partial charge in [-0.1, -0.05) is 25.0 Å². The number of fused-ring (bicyclic) bond motifs is 1. The zero-order valence-electron chi connectivity index (χ0n) is 15.4. The maximum atomic E-state index is 12.9. The fraction of sp³-hybridized carbons (Fsp3) is 0.550. The molecule has 2 fully saturated rings. The number of carbonyl (C=O) groups is 3. The van der Waals surface area contributed by atoms with Crippen LogP contribution in [0.5, 0.6) is 0 Å². The molecule has 1 saturated heterocycles. The molecule has 3 atom stereocenters. The smallest absolute Gasteiger partial charge is 0.255 e. The highest BCUT2D eigenvalue weighted by Crippen LogP contribution is 2.28. The predicted octanol–water partition coefficient (Wildman–Crippen LogP) is 0.807. The van der Waals surface area contributed by atoms with Gasteiger partial charge in [0.25, 0.3) is 5.91 Å². The fourth-order valence-electron chi connectivity index (χ4n) is 4.37. The normalized spacial score (nSPS) is 28.3. The second-order valence-electron chi connectivity index (χ2n) is 7.83. The SMILES string of the molecule is N[C@H]1CCCC[C@@H]1NCc1ccc2c(c1)C(=O)N(C1CCC(=O)NC1=O)C2. The maximum absolute atomic E-state index is 12.9. The Hall–Kier alpha value is -2.25. The van der Waals surface area contributed by atoms with Gasteiger partial charge in [0.05, 0.1) is 0 Å². The molecule has 1 unspecified atom stereocenters. The van der Waals surface area contributed by atoms with Crippen LogP contribution in [-0.4, -0.2) is 40.7 Å². The average Bonchev–Trinajstić information content (AvgIpc) is 2.97. The molecule has 4 rings (SSSR count). The number of nitrogens with zero attached hydrogens (tertiary/aromatic N) is 1. The zero-order chi connectivity index (χ0) is 19.0. The lowest BCUT2D eigenvalue weighted by atomic mass is 9.91. The molecule has 2 heterocycles. The quantitative estimate of drug-likeness (QED) is 0.680. The minimum atomic E-state index is -0.565. The van der Waals surface area contributed by atoms with Crippen LogP contribution in [0.1, 0.15) is 60.0 Å². The number of piperidine rings is 1. The Morgan fingerprint density at radius 3 is 2.74 bits per heavy atom. The van der Waals surface area contributed by atoms with Crippen LogP contribution in [0, 0.1) is 0 Å². The Kier molecular flexibility index (Phi) is 4.97. The van der Waals surface area contributed by atoms with E-state index in [9.17, 15) is 14.4 Å². The number of benzene rings is 1. The molecule has 27 heavy (non-hydrogen) atoms. The molecule has 1 aromatic carbocycles. The van der Waals surface area contributed by atoms with Crippen molar-refractivity contribution in [2.45, 2.75) is 69.7 Å². The first-order chi connectivity index (χ1) is 13.0. The highest BCUT2D eigenvalue weighted by atomic mass is 16.2. The Balaban J connectivity index is 1.43.